The molecule has 2 aromatic carbocycles. The maximum atomic E-state index is 12.1. The first kappa shape index (κ1) is 16.1. The highest BCUT2D eigenvalue weighted by atomic mass is 32.2. The Balaban J connectivity index is 1.65. The van der Waals surface area contributed by atoms with Crippen LogP contribution >= 0.6 is 11.8 Å². The molecule has 1 aliphatic heterocycles. The van der Waals surface area contributed by atoms with Crippen LogP contribution in [-0.4, -0.2) is 30.6 Å². The molecule has 0 atom stereocenters. The number of carbonyl (C=O) groups excluding carboxylic acids is 3. The van der Waals surface area contributed by atoms with Gasteiger partial charge in [-0.1, -0.05) is 6.07 Å². The van der Waals surface area contributed by atoms with Crippen molar-refractivity contribution in [3.8, 4) is 5.75 Å². The van der Waals surface area contributed by atoms with Crippen molar-refractivity contribution in [1.29, 1.82) is 0 Å². The molecular weight excluding hydrogens is 328 g/mol. The lowest BCUT2D eigenvalue weighted by Crippen LogP contribution is -2.21. The molecule has 6 nitrogen and oxygen atoms in total. The monoisotopic (exact) mass is 342 g/mol. The van der Waals surface area contributed by atoms with Crippen LogP contribution in [0.5, 0.6) is 5.75 Å². The van der Waals surface area contributed by atoms with Gasteiger partial charge in [0.15, 0.2) is 0 Å². The number of hydrogen-bond acceptors (Lipinski definition) is 5. The molecule has 1 heterocycles. The van der Waals surface area contributed by atoms with Crippen molar-refractivity contribution in [3.63, 3.8) is 0 Å². The van der Waals surface area contributed by atoms with Gasteiger partial charge in [-0.15, -0.1) is 11.8 Å². The Morgan fingerprint density at radius 1 is 1.12 bits per heavy atom. The van der Waals surface area contributed by atoms with E-state index in [1.54, 1.807) is 25.3 Å². The summed E-state index contributed by atoms with van der Waals surface area (Å²) >= 11 is 1.37. The van der Waals surface area contributed by atoms with E-state index in [0.29, 0.717) is 5.69 Å². The Hall–Kier alpha value is -2.80. The second kappa shape index (κ2) is 6.76. The van der Waals surface area contributed by atoms with Crippen molar-refractivity contribution in [2.45, 2.75) is 4.90 Å². The molecule has 0 aromatic heterocycles. The number of nitrogens with one attached hydrogen (secondary N) is 2. The maximum absolute atomic E-state index is 12.1. The van der Waals surface area contributed by atoms with E-state index in [1.165, 1.54) is 11.8 Å². The molecule has 0 fully saturated rings. The fourth-order valence-corrected chi connectivity index (χ4v) is 3.03. The van der Waals surface area contributed by atoms with Gasteiger partial charge in [0, 0.05) is 4.90 Å². The molecule has 0 aliphatic carbocycles. The number of hydrogen-bond donors (Lipinski definition) is 2. The molecular formula is C17H14N2O4S. The van der Waals surface area contributed by atoms with Crippen LogP contribution < -0.4 is 15.4 Å². The van der Waals surface area contributed by atoms with Gasteiger partial charge in [-0.2, -0.15) is 0 Å². The van der Waals surface area contributed by atoms with Crippen LogP contribution in [0, 0.1) is 0 Å². The minimum atomic E-state index is -0.492. The van der Waals surface area contributed by atoms with E-state index < -0.39 is 11.8 Å². The second-order valence-corrected chi connectivity index (χ2v) is 6.07. The van der Waals surface area contributed by atoms with Crippen molar-refractivity contribution in [1.82, 2.24) is 5.32 Å². The number of amides is 3. The lowest BCUT2D eigenvalue weighted by Gasteiger charge is -2.08. The lowest BCUT2D eigenvalue weighted by atomic mass is 10.1. The number of benzene rings is 2. The zero-order valence-corrected chi connectivity index (χ0v) is 13.6. The molecule has 0 saturated carbocycles. The molecule has 7 heteroatoms. The Bertz CT molecular complexity index is 818. The van der Waals surface area contributed by atoms with E-state index in [2.05, 4.69) is 10.6 Å². The fraction of sp³-hybridized carbons (Fsp3) is 0.118. The molecule has 2 N–H and O–H groups in total. The van der Waals surface area contributed by atoms with E-state index in [0.717, 1.165) is 10.6 Å². The third-order valence-corrected chi connectivity index (χ3v) is 4.48. The third-order valence-electron chi connectivity index (χ3n) is 3.47. The molecule has 122 valence electrons. The van der Waals surface area contributed by atoms with Gasteiger partial charge in [0.25, 0.3) is 11.8 Å². The standard InChI is InChI=1S/C17H14N2O4S/c1-23-10-5-7-11(8-6-10)24-9-14(20)18-13-4-2-3-12-15(13)17(22)19-16(12)21/h2-8H,9H2,1H3,(H,18,20)(H,19,21,22). The van der Waals surface area contributed by atoms with Gasteiger partial charge < -0.3 is 10.1 Å². The highest BCUT2D eigenvalue weighted by molar-refractivity contribution is 8.00. The Morgan fingerprint density at radius 2 is 1.88 bits per heavy atom. The summed E-state index contributed by atoms with van der Waals surface area (Å²) in [7, 11) is 1.59. The van der Waals surface area contributed by atoms with Gasteiger partial charge in [-0.25, -0.2) is 0 Å². The first-order valence-electron chi connectivity index (χ1n) is 7.14. The smallest absolute Gasteiger partial charge is 0.261 e. The van der Waals surface area contributed by atoms with Crippen LogP contribution in [0.25, 0.3) is 0 Å². The van der Waals surface area contributed by atoms with E-state index in [-0.39, 0.29) is 22.8 Å². The summed E-state index contributed by atoms with van der Waals surface area (Å²) in [5.41, 5.74) is 0.835. The van der Waals surface area contributed by atoms with E-state index in [4.69, 9.17) is 4.74 Å². The predicted octanol–water partition coefficient (Wildman–Crippen LogP) is 2.31. The Kier molecular flexibility index (Phi) is 4.52. The average molecular weight is 342 g/mol. The molecule has 24 heavy (non-hydrogen) atoms. The molecule has 1 aliphatic rings. The first-order valence-corrected chi connectivity index (χ1v) is 8.12. The van der Waals surface area contributed by atoms with Gasteiger partial charge in [0.1, 0.15) is 5.75 Å². The van der Waals surface area contributed by atoms with Crippen LogP contribution in [0.4, 0.5) is 5.69 Å². The van der Waals surface area contributed by atoms with Gasteiger partial charge in [0.2, 0.25) is 5.91 Å². The van der Waals surface area contributed by atoms with Crippen molar-refractivity contribution in [2.75, 3.05) is 18.2 Å². The fourth-order valence-electron chi connectivity index (χ4n) is 2.33. The summed E-state index contributed by atoms with van der Waals surface area (Å²) < 4.78 is 5.08. The largest absolute Gasteiger partial charge is 0.497 e. The quantitative estimate of drug-likeness (QED) is 0.643. The average Bonchev–Trinajstić information content (AvgIpc) is 2.89. The van der Waals surface area contributed by atoms with Crippen molar-refractivity contribution in [3.05, 3.63) is 53.6 Å². The Morgan fingerprint density at radius 3 is 2.58 bits per heavy atom. The van der Waals surface area contributed by atoms with E-state index in [9.17, 15) is 14.4 Å². The number of methoxy groups -OCH3 is 1. The van der Waals surface area contributed by atoms with E-state index in [1.807, 2.05) is 24.3 Å². The molecule has 0 bridgehead atoms. The highest BCUT2D eigenvalue weighted by Gasteiger charge is 2.29. The summed E-state index contributed by atoms with van der Waals surface area (Å²) in [5.74, 6) is -0.255. The minimum absolute atomic E-state index is 0.186. The number of carbonyl (C=O) groups is 3. The van der Waals surface area contributed by atoms with Crippen LogP contribution in [0.2, 0.25) is 0 Å². The van der Waals surface area contributed by atoms with Crippen LogP contribution in [0.15, 0.2) is 47.4 Å². The normalized spacial score (nSPS) is 12.5. The summed E-state index contributed by atoms with van der Waals surface area (Å²) in [4.78, 5) is 36.5. The Labute approximate surface area is 142 Å². The minimum Gasteiger partial charge on any atom is -0.497 e. The molecule has 3 rings (SSSR count). The molecule has 0 spiro atoms. The van der Waals surface area contributed by atoms with Gasteiger partial charge in [-0.05, 0) is 36.4 Å². The lowest BCUT2D eigenvalue weighted by molar-refractivity contribution is -0.113. The highest BCUT2D eigenvalue weighted by Crippen LogP contribution is 2.25. The summed E-state index contributed by atoms with van der Waals surface area (Å²) in [6.45, 7) is 0. The number of ether oxygens (including phenoxy) is 1. The third kappa shape index (κ3) is 3.26. The van der Waals surface area contributed by atoms with Crippen molar-refractivity contribution >= 4 is 35.2 Å². The summed E-state index contributed by atoms with van der Waals surface area (Å²) in [5, 5.41) is 4.91. The number of imide groups is 1. The number of rotatable bonds is 5. The summed E-state index contributed by atoms with van der Waals surface area (Å²) in [6.07, 6.45) is 0. The van der Waals surface area contributed by atoms with Gasteiger partial charge in [0.05, 0.1) is 29.7 Å². The number of fused-ring (bicyclic) bond motifs is 1. The van der Waals surface area contributed by atoms with Crippen LogP contribution in [-0.2, 0) is 4.79 Å². The molecule has 0 radical (unpaired) electrons. The number of anilines is 1. The number of thioether (sulfide) groups is 1. The van der Waals surface area contributed by atoms with Crippen molar-refractivity contribution in [2.24, 2.45) is 0 Å². The SMILES string of the molecule is COc1ccc(SCC(=O)Nc2cccc3c2C(=O)NC3=O)cc1. The van der Waals surface area contributed by atoms with Gasteiger partial charge in [-0.3, -0.25) is 19.7 Å². The van der Waals surface area contributed by atoms with E-state index >= 15 is 0 Å². The van der Waals surface area contributed by atoms with Gasteiger partial charge >= 0.3 is 0 Å². The zero-order chi connectivity index (χ0) is 17.1. The molecule has 0 unspecified atom stereocenters. The maximum Gasteiger partial charge on any atom is 0.261 e. The second-order valence-electron chi connectivity index (χ2n) is 5.02. The summed E-state index contributed by atoms with van der Waals surface area (Å²) in [6, 6.07) is 12.2. The zero-order valence-electron chi connectivity index (χ0n) is 12.8. The molecule has 3 amide bonds. The van der Waals surface area contributed by atoms with Crippen molar-refractivity contribution < 1.29 is 19.1 Å². The molecule has 0 saturated heterocycles. The predicted molar refractivity (Wildman–Crippen MR) is 90.6 cm³/mol. The first-order chi connectivity index (χ1) is 11.6. The molecule has 2 aromatic rings. The van der Waals surface area contributed by atoms with Crippen LogP contribution in [0.1, 0.15) is 20.7 Å². The topological polar surface area (TPSA) is 84.5 Å². The van der Waals surface area contributed by atoms with Crippen LogP contribution in [0.3, 0.4) is 0 Å².